The molecule has 0 fully saturated rings. The van der Waals surface area contributed by atoms with Crippen LogP contribution in [-0.2, 0) is 0 Å². The van der Waals surface area contributed by atoms with E-state index in [4.69, 9.17) is 4.74 Å². The lowest BCUT2D eigenvalue weighted by atomic mass is 10.0. The zero-order valence-corrected chi connectivity index (χ0v) is 12.2. The number of hydrogen-bond donors (Lipinski definition) is 1. The fourth-order valence-electron chi connectivity index (χ4n) is 1.93. The Kier molecular flexibility index (Phi) is 4.74. The number of ether oxygens (including phenoxy) is 1. The van der Waals surface area contributed by atoms with Crippen LogP contribution < -0.4 is 4.74 Å². The van der Waals surface area contributed by atoms with Crippen LogP contribution in [0.5, 0.6) is 11.5 Å². The summed E-state index contributed by atoms with van der Waals surface area (Å²) in [5.41, 5.74) is 1.92. The molecule has 1 atom stereocenters. The van der Waals surface area contributed by atoms with Crippen LogP contribution in [0.15, 0.2) is 42.6 Å². The van der Waals surface area contributed by atoms with Crippen molar-refractivity contribution < 1.29 is 9.84 Å². The monoisotopic (exact) mass is 271 g/mol. The molecule has 1 aromatic carbocycles. The highest BCUT2D eigenvalue weighted by Gasteiger charge is 2.07. The van der Waals surface area contributed by atoms with Gasteiger partial charge in [0.1, 0.15) is 11.5 Å². The summed E-state index contributed by atoms with van der Waals surface area (Å²) in [7, 11) is 0. The lowest BCUT2D eigenvalue weighted by Gasteiger charge is -2.11. The summed E-state index contributed by atoms with van der Waals surface area (Å²) in [5, 5.41) is 9.70. The largest absolute Gasteiger partial charge is 0.456 e. The predicted molar refractivity (Wildman–Crippen MR) is 80.1 cm³/mol. The van der Waals surface area contributed by atoms with E-state index >= 15 is 0 Å². The van der Waals surface area contributed by atoms with Crippen molar-refractivity contribution in [3.05, 3.63) is 53.9 Å². The molecule has 2 aromatic rings. The molecule has 3 heteroatoms. The average Bonchev–Trinajstić information content (AvgIpc) is 2.47. The molecule has 0 saturated heterocycles. The molecular formula is C17H21NO2. The standard InChI is InChI=1S/C17H21NO2/c1-4-17(19)16-9-8-15(11-18-16)20-14-7-5-6-13(10-14)12(2)3/h5-12,17,19H,4H2,1-3H3/t17-/m0/s1. The number of rotatable bonds is 5. The zero-order chi connectivity index (χ0) is 14.5. The van der Waals surface area contributed by atoms with Gasteiger partial charge >= 0.3 is 0 Å². The number of hydrogen-bond acceptors (Lipinski definition) is 3. The minimum absolute atomic E-state index is 0.471. The van der Waals surface area contributed by atoms with Crippen molar-refractivity contribution in [3.63, 3.8) is 0 Å². The van der Waals surface area contributed by atoms with E-state index in [0.717, 1.165) is 5.75 Å². The normalized spacial score (nSPS) is 12.4. The molecule has 1 N–H and O–H groups in total. The van der Waals surface area contributed by atoms with E-state index in [9.17, 15) is 5.11 Å². The molecule has 0 unspecified atom stereocenters. The van der Waals surface area contributed by atoms with E-state index in [1.165, 1.54) is 5.56 Å². The van der Waals surface area contributed by atoms with Crippen LogP contribution >= 0.6 is 0 Å². The minimum Gasteiger partial charge on any atom is -0.456 e. The van der Waals surface area contributed by atoms with Gasteiger partial charge in [0, 0.05) is 0 Å². The Morgan fingerprint density at radius 3 is 2.55 bits per heavy atom. The van der Waals surface area contributed by atoms with E-state index in [1.54, 1.807) is 12.3 Å². The maximum Gasteiger partial charge on any atom is 0.145 e. The van der Waals surface area contributed by atoms with Gasteiger partial charge in [-0.1, -0.05) is 32.9 Å². The maximum absolute atomic E-state index is 9.70. The first-order valence-corrected chi connectivity index (χ1v) is 7.02. The fourth-order valence-corrected chi connectivity index (χ4v) is 1.93. The molecule has 0 aliphatic heterocycles. The lowest BCUT2D eigenvalue weighted by Crippen LogP contribution is -1.98. The number of benzene rings is 1. The Labute approximate surface area is 120 Å². The smallest absolute Gasteiger partial charge is 0.145 e. The highest BCUT2D eigenvalue weighted by atomic mass is 16.5. The third kappa shape index (κ3) is 3.58. The van der Waals surface area contributed by atoms with Gasteiger partial charge < -0.3 is 9.84 Å². The molecule has 0 spiro atoms. The quantitative estimate of drug-likeness (QED) is 0.874. The SMILES string of the molecule is CC[C@H](O)c1ccc(Oc2cccc(C(C)C)c2)cn1. The van der Waals surface area contributed by atoms with Gasteiger partial charge in [-0.05, 0) is 42.2 Å². The van der Waals surface area contributed by atoms with Gasteiger partial charge in [-0.15, -0.1) is 0 Å². The number of aliphatic hydroxyl groups is 1. The van der Waals surface area contributed by atoms with E-state index in [-0.39, 0.29) is 0 Å². The van der Waals surface area contributed by atoms with Crippen LogP contribution in [-0.4, -0.2) is 10.1 Å². The number of aliphatic hydroxyl groups excluding tert-OH is 1. The van der Waals surface area contributed by atoms with Crippen LogP contribution in [0, 0.1) is 0 Å². The van der Waals surface area contributed by atoms with Gasteiger partial charge in [-0.2, -0.15) is 0 Å². The minimum atomic E-state index is -0.506. The molecule has 0 amide bonds. The van der Waals surface area contributed by atoms with Crippen molar-refractivity contribution >= 4 is 0 Å². The van der Waals surface area contributed by atoms with Crippen molar-refractivity contribution in [2.45, 2.75) is 39.2 Å². The van der Waals surface area contributed by atoms with Crippen LogP contribution in [0.4, 0.5) is 0 Å². The lowest BCUT2D eigenvalue weighted by molar-refractivity contribution is 0.169. The first-order valence-electron chi connectivity index (χ1n) is 7.02. The molecule has 0 radical (unpaired) electrons. The Morgan fingerprint density at radius 1 is 1.15 bits per heavy atom. The number of pyridine rings is 1. The highest BCUT2D eigenvalue weighted by Crippen LogP contribution is 2.25. The third-order valence-corrected chi connectivity index (χ3v) is 3.25. The molecule has 3 nitrogen and oxygen atoms in total. The Morgan fingerprint density at radius 2 is 1.95 bits per heavy atom. The molecule has 20 heavy (non-hydrogen) atoms. The second-order valence-corrected chi connectivity index (χ2v) is 5.17. The second kappa shape index (κ2) is 6.53. The highest BCUT2D eigenvalue weighted by molar-refractivity contribution is 5.34. The summed E-state index contributed by atoms with van der Waals surface area (Å²) < 4.78 is 5.79. The van der Waals surface area contributed by atoms with Gasteiger partial charge in [-0.3, -0.25) is 4.98 Å². The summed E-state index contributed by atoms with van der Waals surface area (Å²) >= 11 is 0. The molecule has 0 aliphatic rings. The van der Waals surface area contributed by atoms with Crippen molar-refractivity contribution in [1.29, 1.82) is 0 Å². The van der Waals surface area contributed by atoms with Crippen molar-refractivity contribution in [1.82, 2.24) is 4.98 Å². The van der Waals surface area contributed by atoms with E-state index in [0.29, 0.717) is 23.8 Å². The van der Waals surface area contributed by atoms with Crippen molar-refractivity contribution in [2.75, 3.05) is 0 Å². The fraction of sp³-hybridized carbons (Fsp3) is 0.353. The third-order valence-electron chi connectivity index (χ3n) is 3.25. The van der Waals surface area contributed by atoms with Crippen molar-refractivity contribution in [2.24, 2.45) is 0 Å². The molecule has 0 saturated carbocycles. The van der Waals surface area contributed by atoms with Crippen molar-refractivity contribution in [3.8, 4) is 11.5 Å². The van der Waals surface area contributed by atoms with E-state index < -0.39 is 6.10 Å². The summed E-state index contributed by atoms with van der Waals surface area (Å²) in [6.07, 6.45) is 1.80. The van der Waals surface area contributed by atoms with Crippen LogP contribution in [0.25, 0.3) is 0 Å². The molecule has 1 heterocycles. The Balaban J connectivity index is 2.12. The summed E-state index contributed by atoms with van der Waals surface area (Å²) in [4.78, 5) is 4.23. The molecule has 106 valence electrons. The molecule has 2 rings (SSSR count). The molecule has 0 bridgehead atoms. The first-order chi connectivity index (χ1) is 9.60. The van der Waals surface area contributed by atoms with Crippen LogP contribution in [0.3, 0.4) is 0 Å². The van der Waals surface area contributed by atoms with Gasteiger partial charge in [0.05, 0.1) is 18.0 Å². The predicted octanol–water partition coefficient (Wildman–Crippen LogP) is 4.44. The second-order valence-electron chi connectivity index (χ2n) is 5.17. The van der Waals surface area contributed by atoms with E-state index in [2.05, 4.69) is 24.9 Å². The summed E-state index contributed by atoms with van der Waals surface area (Å²) in [6, 6.07) is 11.7. The topological polar surface area (TPSA) is 42.4 Å². The summed E-state index contributed by atoms with van der Waals surface area (Å²) in [6.45, 7) is 6.23. The Hall–Kier alpha value is -1.87. The number of aromatic nitrogens is 1. The average molecular weight is 271 g/mol. The van der Waals surface area contributed by atoms with Crippen LogP contribution in [0.1, 0.15) is 50.5 Å². The first kappa shape index (κ1) is 14.5. The maximum atomic E-state index is 9.70. The molecular weight excluding hydrogens is 250 g/mol. The zero-order valence-electron chi connectivity index (χ0n) is 12.2. The van der Waals surface area contributed by atoms with Gasteiger partial charge in [0.25, 0.3) is 0 Å². The Bertz CT molecular complexity index is 549. The van der Waals surface area contributed by atoms with Gasteiger partial charge in [0.15, 0.2) is 0 Å². The van der Waals surface area contributed by atoms with Crippen LogP contribution in [0.2, 0.25) is 0 Å². The molecule has 0 aliphatic carbocycles. The van der Waals surface area contributed by atoms with Gasteiger partial charge in [-0.25, -0.2) is 0 Å². The molecule has 1 aromatic heterocycles. The summed E-state index contributed by atoms with van der Waals surface area (Å²) in [5.74, 6) is 1.96. The van der Waals surface area contributed by atoms with Gasteiger partial charge in [0.2, 0.25) is 0 Å². The number of nitrogens with zero attached hydrogens (tertiary/aromatic N) is 1. The van der Waals surface area contributed by atoms with E-state index in [1.807, 2.05) is 31.2 Å².